The topological polar surface area (TPSA) is 85.4 Å². The molecule has 0 spiro atoms. The number of sulfonamides is 1. The summed E-state index contributed by atoms with van der Waals surface area (Å²) in [5.41, 5.74) is 7.14. The van der Waals surface area contributed by atoms with E-state index in [4.69, 9.17) is 40.5 Å². The molecule has 0 aliphatic carbocycles. The van der Waals surface area contributed by atoms with E-state index >= 15 is 0 Å². The largest absolute Gasteiger partial charge is 0.383 e. The summed E-state index contributed by atoms with van der Waals surface area (Å²) in [4.78, 5) is 3.80. The molecule has 0 unspecified atom stereocenters. The average molecular weight is 393 g/mol. The number of aromatic nitrogens is 1. The van der Waals surface area contributed by atoms with Crippen LogP contribution in [0.5, 0.6) is 0 Å². The summed E-state index contributed by atoms with van der Waals surface area (Å²) in [7, 11) is -4.01. The molecule has 9 heteroatoms. The highest BCUT2D eigenvalue weighted by Gasteiger charge is 2.19. The van der Waals surface area contributed by atoms with Crippen LogP contribution in [0.1, 0.15) is 16.7 Å². The van der Waals surface area contributed by atoms with Crippen LogP contribution in [0.25, 0.3) is 0 Å². The van der Waals surface area contributed by atoms with E-state index in [0.717, 1.165) is 0 Å². The van der Waals surface area contributed by atoms with Crippen molar-refractivity contribution in [2.45, 2.75) is 18.7 Å². The molecule has 2 aromatic rings. The van der Waals surface area contributed by atoms with Crippen molar-refractivity contribution >= 4 is 50.7 Å². The molecule has 1 aromatic carbocycles. The second-order valence-corrected chi connectivity index (χ2v) is 7.57. The minimum absolute atomic E-state index is 0.0357. The van der Waals surface area contributed by atoms with E-state index < -0.39 is 10.0 Å². The molecule has 0 amide bonds. The molecule has 0 aliphatic rings. The Morgan fingerprint density at radius 2 is 1.61 bits per heavy atom. The van der Waals surface area contributed by atoms with Gasteiger partial charge in [-0.15, -0.1) is 4.40 Å². The van der Waals surface area contributed by atoms with E-state index in [0.29, 0.717) is 16.1 Å². The first-order valence-electron chi connectivity index (χ1n) is 6.31. The Hall–Kier alpha value is -1.34. The second-order valence-electron chi connectivity index (χ2n) is 4.82. The number of hydrogen-bond acceptors (Lipinski definition) is 3. The van der Waals surface area contributed by atoms with Gasteiger partial charge in [-0.1, -0.05) is 34.8 Å². The minimum atomic E-state index is -4.01. The van der Waals surface area contributed by atoms with Gasteiger partial charge in [0.2, 0.25) is 0 Å². The quantitative estimate of drug-likeness (QED) is 0.489. The van der Waals surface area contributed by atoms with Gasteiger partial charge in [0.05, 0.1) is 4.90 Å². The number of amidine groups is 1. The molecular formula is C14H12Cl3N3O2S. The Labute approximate surface area is 149 Å². The molecule has 0 bridgehead atoms. The highest BCUT2D eigenvalue weighted by atomic mass is 35.5. The SMILES string of the molecule is Cc1cc(S(=O)(=O)/N=C(\N)c2cc(Cl)nc(Cl)c2)c(C)cc1Cl. The van der Waals surface area contributed by atoms with Gasteiger partial charge in [0.25, 0.3) is 10.0 Å². The number of benzene rings is 1. The van der Waals surface area contributed by atoms with Crippen LogP contribution in [-0.2, 0) is 10.0 Å². The number of halogens is 3. The summed E-state index contributed by atoms with van der Waals surface area (Å²) in [6.07, 6.45) is 0. The lowest BCUT2D eigenvalue weighted by Gasteiger charge is -2.08. The fraction of sp³-hybridized carbons (Fsp3) is 0.143. The smallest absolute Gasteiger partial charge is 0.284 e. The van der Waals surface area contributed by atoms with Crippen LogP contribution in [-0.4, -0.2) is 19.2 Å². The molecular weight excluding hydrogens is 381 g/mol. The Morgan fingerprint density at radius 3 is 2.17 bits per heavy atom. The summed E-state index contributed by atoms with van der Waals surface area (Å²) in [5.74, 6) is -0.233. The third-order valence-corrected chi connectivity index (χ3v) is 5.24. The van der Waals surface area contributed by atoms with Crippen molar-refractivity contribution in [2.24, 2.45) is 10.1 Å². The van der Waals surface area contributed by atoms with Gasteiger partial charge in [0.15, 0.2) is 0 Å². The Balaban J connectivity index is 2.54. The van der Waals surface area contributed by atoms with Gasteiger partial charge in [-0.25, -0.2) is 4.98 Å². The molecule has 0 saturated heterocycles. The molecule has 0 saturated carbocycles. The van der Waals surface area contributed by atoms with Crippen LogP contribution < -0.4 is 5.73 Å². The normalized spacial score (nSPS) is 12.5. The van der Waals surface area contributed by atoms with Crippen molar-refractivity contribution in [1.29, 1.82) is 0 Å². The minimum Gasteiger partial charge on any atom is -0.383 e. The number of nitrogens with zero attached hydrogens (tertiary/aromatic N) is 2. The maximum absolute atomic E-state index is 12.5. The molecule has 0 radical (unpaired) electrons. The molecule has 0 fully saturated rings. The number of rotatable bonds is 3. The fourth-order valence-corrected chi connectivity index (χ4v) is 3.81. The van der Waals surface area contributed by atoms with Gasteiger partial charge in [-0.05, 0) is 49.2 Å². The van der Waals surface area contributed by atoms with E-state index in [1.807, 2.05) is 0 Å². The molecule has 2 N–H and O–H groups in total. The zero-order valence-corrected chi connectivity index (χ0v) is 15.2. The highest BCUT2D eigenvalue weighted by molar-refractivity contribution is 7.90. The zero-order valence-electron chi connectivity index (χ0n) is 12.1. The predicted octanol–water partition coefficient (Wildman–Crippen LogP) is 3.75. The first-order valence-corrected chi connectivity index (χ1v) is 8.88. The van der Waals surface area contributed by atoms with Crippen molar-refractivity contribution in [3.63, 3.8) is 0 Å². The summed E-state index contributed by atoms with van der Waals surface area (Å²) >= 11 is 17.5. The second kappa shape index (κ2) is 6.65. The Morgan fingerprint density at radius 1 is 1.04 bits per heavy atom. The Bertz CT molecular complexity index is 891. The lowest BCUT2D eigenvalue weighted by Crippen LogP contribution is -2.17. The van der Waals surface area contributed by atoms with Gasteiger partial charge in [-0.3, -0.25) is 0 Å². The number of pyridine rings is 1. The van der Waals surface area contributed by atoms with E-state index in [2.05, 4.69) is 9.38 Å². The van der Waals surface area contributed by atoms with E-state index in [1.54, 1.807) is 19.9 Å². The summed E-state index contributed by atoms with van der Waals surface area (Å²) < 4.78 is 28.6. The molecule has 0 atom stereocenters. The fourth-order valence-electron chi connectivity index (χ4n) is 1.88. The maximum atomic E-state index is 12.5. The zero-order chi connectivity index (χ0) is 17.4. The molecule has 2 rings (SSSR count). The van der Waals surface area contributed by atoms with Gasteiger partial charge < -0.3 is 5.73 Å². The van der Waals surface area contributed by atoms with Crippen LogP contribution in [0.2, 0.25) is 15.3 Å². The lowest BCUT2D eigenvalue weighted by molar-refractivity contribution is 0.597. The predicted molar refractivity (Wildman–Crippen MR) is 93.1 cm³/mol. The molecule has 23 heavy (non-hydrogen) atoms. The van der Waals surface area contributed by atoms with Gasteiger partial charge in [0, 0.05) is 10.6 Å². The van der Waals surface area contributed by atoms with E-state index in [9.17, 15) is 8.42 Å². The first-order chi connectivity index (χ1) is 10.6. The average Bonchev–Trinajstić information content (AvgIpc) is 2.41. The standard InChI is InChI=1S/C14H12Cl3N3O2S/c1-7-4-11(8(2)3-10(7)15)23(21,22)20-14(18)9-5-12(16)19-13(17)6-9/h3-6H,1-2H3,(H2,18,20). The first kappa shape index (κ1) is 18.0. The molecule has 1 aromatic heterocycles. The lowest BCUT2D eigenvalue weighted by atomic mass is 10.2. The van der Waals surface area contributed by atoms with Crippen molar-refractivity contribution < 1.29 is 8.42 Å². The summed E-state index contributed by atoms with van der Waals surface area (Å²) in [6.45, 7) is 3.33. The Kier molecular flexibility index (Phi) is 5.20. The molecule has 0 aliphatic heterocycles. The third-order valence-electron chi connectivity index (χ3n) is 3.01. The molecule has 5 nitrogen and oxygen atoms in total. The van der Waals surface area contributed by atoms with Gasteiger partial charge >= 0.3 is 0 Å². The van der Waals surface area contributed by atoms with Crippen LogP contribution in [0, 0.1) is 13.8 Å². The van der Waals surface area contributed by atoms with Crippen LogP contribution in [0.4, 0.5) is 0 Å². The van der Waals surface area contributed by atoms with Gasteiger partial charge in [-0.2, -0.15) is 8.42 Å². The third kappa shape index (κ3) is 4.14. The highest BCUT2D eigenvalue weighted by Crippen LogP contribution is 2.25. The van der Waals surface area contributed by atoms with Crippen molar-refractivity contribution in [3.8, 4) is 0 Å². The maximum Gasteiger partial charge on any atom is 0.284 e. The summed E-state index contributed by atoms with van der Waals surface area (Å²) in [6, 6.07) is 5.77. The number of nitrogens with two attached hydrogens (primary N) is 1. The van der Waals surface area contributed by atoms with Crippen LogP contribution in [0.15, 0.2) is 33.6 Å². The van der Waals surface area contributed by atoms with Gasteiger partial charge in [0.1, 0.15) is 16.1 Å². The summed E-state index contributed by atoms with van der Waals surface area (Å²) in [5, 5.41) is 0.647. The monoisotopic (exact) mass is 391 g/mol. The number of aryl methyl sites for hydroxylation is 2. The molecule has 122 valence electrons. The van der Waals surface area contributed by atoms with E-state index in [1.165, 1.54) is 18.2 Å². The van der Waals surface area contributed by atoms with Crippen molar-refractivity contribution in [2.75, 3.05) is 0 Å². The van der Waals surface area contributed by atoms with E-state index in [-0.39, 0.29) is 26.6 Å². The van der Waals surface area contributed by atoms with Crippen molar-refractivity contribution in [3.05, 3.63) is 56.3 Å². The number of hydrogen-bond donors (Lipinski definition) is 1. The molecule has 1 heterocycles. The van der Waals surface area contributed by atoms with Crippen LogP contribution in [0.3, 0.4) is 0 Å². The van der Waals surface area contributed by atoms with Crippen LogP contribution >= 0.6 is 34.8 Å². The van der Waals surface area contributed by atoms with Crippen molar-refractivity contribution in [1.82, 2.24) is 4.98 Å².